The quantitative estimate of drug-likeness (QED) is 0.794. The number of carbonyl (C=O) groups is 2. The Balaban J connectivity index is 2.07. The Morgan fingerprint density at radius 3 is 2.79 bits per heavy atom. The van der Waals surface area contributed by atoms with Crippen LogP contribution in [0.5, 0.6) is 5.88 Å². The fraction of sp³-hybridized carbons (Fsp3) is 0.500. The molecule has 0 aromatic carbocycles. The van der Waals surface area contributed by atoms with Crippen molar-refractivity contribution in [1.82, 2.24) is 14.9 Å². The molecular weight excluding hydrogens is 248 g/mol. The van der Waals surface area contributed by atoms with E-state index in [1.807, 2.05) is 13.8 Å². The SMILES string of the molecule is CC(C)Oc1ccnc(NC2CC(=O)N(C)C2=O)n1. The van der Waals surface area contributed by atoms with Crippen molar-refractivity contribution in [2.75, 3.05) is 12.4 Å². The van der Waals surface area contributed by atoms with Crippen LogP contribution in [0, 0.1) is 0 Å². The van der Waals surface area contributed by atoms with Gasteiger partial charge in [-0.1, -0.05) is 0 Å². The highest BCUT2D eigenvalue weighted by Crippen LogP contribution is 2.16. The second-order valence-electron chi connectivity index (χ2n) is 4.58. The van der Waals surface area contributed by atoms with E-state index in [0.717, 1.165) is 4.90 Å². The number of anilines is 1. The van der Waals surface area contributed by atoms with Gasteiger partial charge in [0.05, 0.1) is 12.5 Å². The molecule has 7 nitrogen and oxygen atoms in total. The molecule has 1 atom stereocenters. The number of aromatic nitrogens is 2. The number of hydrogen-bond acceptors (Lipinski definition) is 6. The summed E-state index contributed by atoms with van der Waals surface area (Å²) in [4.78, 5) is 32.4. The van der Waals surface area contributed by atoms with E-state index >= 15 is 0 Å². The number of likely N-dealkylation sites (tertiary alicyclic amines) is 1. The Hall–Kier alpha value is -2.18. The van der Waals surface area contributed by atoms with Crippen LogP contribution in [-0.2, 0) is 9.59 Å². The molecule has 0 spiro atoms. The third kappa shape index (κ3) is 2.98. The lowest BCUT2D eigenvalue weighted by Crippen LogP contribution is -2.32. The normalized spacial score (nSPS) is 19.2. The third-order valence-electron chi connectivity index (χ3n) is 2.67. The molecule has 7 heteroatoms. The van der Waals surface area contributed by atoms with E-state index in [0.29, 0.717) is 5.88 Å². The number of nitrogens with zero attached hydrogens (tertiary/aromatic N) is 3. The second-order valence-corrected chi connectivity index (χ2v) is 4.58. The summed E-state index contributed by atoms with van der Waals surface area (Å²) in [6.45, 7) is 3.78. The average Bonchev–Trinajstić information content (AvgIpc) is 2.57. The summed E-state index contributed by atoms with van der Waals surface area (Å²) in [6.07, 6.45) is 1.66. The number of carbonyl (C=O) groups excluding carboxylic acids is 2. The van der Waals surface area contributed by atoms with E-state index in [2.05, 4.69) is 15.3 Å². The number of rotatable bonds is 4. The van der Waals surface area contributed by atoms with Gasteiger partial charge in [0.1, 0.15) is 6.04 Å². The Morgan fingerprint density at radius 2 is 2.21 bits per heavy atom. The van der Waals surface area contributed by atoms with Gasteiger partial charge in [-0.25, -0.2) is 4.98 Å². The van der Waals surface area contributed by atoms with Crippen molar-refractivity contribution < 1.29 is 14.3 Å². The lowest BCUT2D eigenvalue weighted by molar-refractivity contribution is -0.136. The first kappa shape index (κ1) is 13.3. The summed E-state index contributed by atoms with van der Waals surface area (Å²) in [7, 11) is 1.46. The Morgan fingerprint density at radius 1 is 1.47 bits per heavy atom. The molecule has 1 fully saturated rings. The molecule has 1 aromatic heterocycles. The van der Waals surface area contributed by atoms with E-state index in [-0.39, 0.29) is 30.3 Å². The van der Waals surface area contributed by atoms with Gasteiger partial charge in [0.2, 0.25) is 17.7 Å². The van der Waals surface area contributed by atoms with E-state index in [9.17, 15) is 9.59 Å². The molecule has 0 bridgehead atoms. The van der Waals surface area contributed by atoms with Crippen molar-refractivity contribution in [2.45, 2.75) is 32.4 Å². The van der Waals surface area contributed by atoms with Crippen LogP contribution in [0.15, 0.2) is 12.3 Å². The molecule has 0 aliphatic carbocycles. The molecule has 1 aliphatic heterocycles. The minimum absolute atomic E-state index is 0.00331. The highest BCUT2D eigenvalue weighted by Gasteiger charge is 2.36. The predicted molar refractivity (Wildman–Crippen MR) is 67.6 cm³/mol. The minimum Gasteiger partial charge on any atom is -0.475 e. The van der Waals surface area contributed by atoms with Crippen LogP contribution in [0.1, 0.15) is 20.3 Å². The average molecular weight is 264 g/mol. The molecule has 0 saturated carbocycles. The van der Waals surface area contributed by atoms with E-state index in [1.165, 1.54) is 13.2 Å². The van der Waals surface area contributed by atoms with E-state index in [4.69, 9.17) is 4.74 Å². The predicted octanol–water partition coefficient (Wildman–Crippen LogP) is 0.433. The topological polar surface area (TPSA) is 84.4 Å². The lowest BCUT2D eigenvalue weighted by atomic mass is 10.2. The summed E-state index contributed by atoms with van der Waals surface area (Å²) in [6, 6.07) is 1.03. The van der Waals surface area contributed by atoms with Crippen molar-refractivity contribution in [3.05, 3.63) is 12.3 Å². The van der Waals surface area contributed by atoms with Crippen LogP contribution in [0.2, 0.25) is 0 Å². The Bertz CT molecular complexity index is 504. The molecule has 0 radical (unpaired) electrons. The number of imide groups is 1. The van der Waals surface area contributed by atoms with Gasteiger partial charge in [-0.3, -0.25) is 14.5 Å². The smallest absolute Gasteiger partial charge is 0.252 e. The van der Waals surface area contributed by atoms with Gasteiger partial charge < -0.3 is 10.1 Å². The zero-order chi connectivity index (χ0) is 14.0. The largest absolute Gasteiger partial charge is 0.475 e. The van der Waals surface area contributed by atoms with Crippen molar-refractivity contribution in [3.63, 3.8) is 0 Å². The molecule has 1 saturated heterocycles. The van der Waals surface area contributed by atoms with Crippen molar-refractivity contribution in [3.8, 4) is 5.88 Å². The van der Waals surface area contributed by atoms with Gasteiger partial charge in [-0.15, -0.1) is 0 Å². The Labute approximate surface area is 111 Å². The maximum Gasteiger partial charge on any atom is 0.252 e. The van der Waals surface area contributed by atoms with Gasteiger partial charge in [0, 0.05) is 19.3 Å². The zero-order valence-electron chi connectivity index (χ0n) is 11.1. The molecule has 1 aliphatic rings. The van der Waals surface area contributed by atoms with Crippen molar-refractivity contribution in [2.24, 2.45) is 0 Å². The van der Waals surface area contributed by atoms with Crippen LogP contribution >= 0.6 is 0 Å². The van der Waals surface area contributed by atoms with Crippen LogP contribution in [-0.4, -0.2) is 45.9 Å². The van der Waals surface area contributed by atoms with Crippen LogP contribution in [0.3, 0.4) is 0 Å². The first-order valence-corrected chi connectivity index (χ1v) is 6.04. The number of nitrogens with one attached hydrogen (secondary N) is 1. The van der Waals surface area contributed by atoms with Crippen molar-refractivity contribution >= 4 is 17.8 Å². The highest BCUT2D eigenvalue weighted by molar-refractivity contribution is 6.06. The highest BCUT2D eigenvalue weighted by atomic mass is 16.5. The molecular formula is C12H16N4O3. The molecule has 2 amide bonds. The fourth-order valence-electron chi connectivity index (χ4n) is 1.74. The number of ether oxygens (including phenoxy) is 1. The van der Waals surface area contributed by atoms with E-state index in [1.54, 1.807) is 6.07 Å². The summed E-state index contributed by atoms with van der Waals surface area (Å²) >= 11 is 0. The van der Waals surface area contributed by atoms with Crippen LogP contribution < -0.4 is 10.1 Å². The third-order valence-corrected chi connectivity index (χ3v) is 2.67. The summed E-state index contributed by atoms with van der Waals surface area (Å²) in [5.41, 5.74) is 0. The van der Waals surface area contributed by atoms with Crippen molar-refractivity contribution in [1.29, 1.82) is 0 Å². The molecule has 1 unspecified atom stereocenters. The lowest BCUT2D eigenvalue weighted by Gasteiger charge is -2.12. The van der Waals surface area contributed by atoms with Gasteiger partial charge in [0.25, 0.3) is 5.91 Å². The molecule has 2 heterocycles. The number of likely N-dealkylation sites (N-methyl/N-ethyl adjacent to an activating group) is 1. The van der Waals surface area contributed by atoms with Gasteiger partial charge in [-0.2, -0.15) is 4.98 Å². The molecule has 102 valence electrons. The molecule has 2 rings (SSSR count). The van der Waals surface area contributed by atoms with Crippen LogP contribution in [0.25, 0.3) is 0 Å². The number of hydrogen-bond donors (Lipinski definition) is 1. The summed E-state index contributed by atoms with van der Waals surface area (Å²) in [5.74, 6) is 0.220. The van der Waals surface area contributed by atoms with Gasteiger partial charge in [0.15, 0.2) is 0 Å². The first-order chi connectivity index (χ1) is 8.97. The maximum atomic E-state index is 11.7. The Kier molecular flexibility index (Phi) is 3.64. The minimum atomic E-state index is -0.605. The molecule has 1 aromatic rings. The molecule has 19 heavy (non-hydrogen) atoms. The molecule has 1 N–H and O–H groups in total. The second kappa shape index (κ2) is 5.21. The zero-order valence-corrected chi connectivity index (χ0v) is 11.1. The number of amides is 2. The fourth-order valence-corrected chi connectivity index (χ4v) is 1.74. The first-order valence-electron chi connectivity index (χ1n) is 6.04. The maximum absolute atomic E-state index is 11.7. The monoisotopic (exact) mass is 264 g/mol. The van der Waals surface area contributed by atoms with E-state index < -0.39 is 6.04 Å². The standard InChI is InChI=1S/C12H16N4O3/c1-7(2)19-9-4-5-13-12(15-9)14-8-6-10(17)16(3)11(8)18/h4-5,7-8H,6H2,1-3H3,(H,13,14,15). The summed E-state index contributed by atoms with van der Waals surface area (Å²) in [5, 5.41) is 2.85. The van der Waals surface area contributed by atoms with Gasteiger partial charge in [-0.05, 0) is 13.8 Å². The van der Waals surface area contributed by atoms with Crippen LogP contribution in [0.4, 0.5) is 5.95 Å². The summed E-state index contributed by atoms with van der Waals surface area (Å²) < 4.78 is 5.44. The van der Waals surface area contributed by atoms with Gasteiger partial charge >= 0.3 is 0 Å².